The van der Waals surface area contributed by atoms with Gasteiger partial charge in [-0.2, -0.15) is 0 Å². The van der Waals surface area contributed by atoms with E-state index in [0.29, 0.717) is 0 Å². The molecular weight excluding hydrogens is 550 g/mol. The van der Waals surface area contributed by atoms with Crippen molar-refractivity contribution in [2.45, 2.75) is 0 Å². The largest absolute Gasteiger partial charge is 0.455 e. The molecule has 11 rings (SSSR count). The van der Waals surface area contributed by atoms with Gasteiger partial charge in [0, 0.05) is 27.1 Å². The second-order valence-corrected chi connectivity index (χ2v) is 12.0. The summed E-state index contributed by atoms with van der Waals surface area (Å²) < 4.78 is 11.0. The van der Waals surface area contributed by atoms with Crippen LogP contribution in [0.3, 0.4) is 0 Å². The third-order valence-electron chi connectivity index (χ3n) is 9.63. The SMILES string of the molecule is c1ccc2cc3c(cc2c1)c1cc(-c2ccc(-c4cccc5c4oc4ccccc45)cc2)cc2c1n3c1nc3ccccc3n21. The summed E-state index contributed by atoms with van der Waals surface area (Å²) in [5, 5.41) is 7.26. The van der Waals surface area contributed by atoms with E-state index in [1.54, 1.807) is 0 Å². The van der Waals surface area contributed by atoms with Crippen molar-refractivity contribution in [3.63, 3.8) is 0 Å². The normalized spacial score (nSPS) is 12.4. The van der Waals surface area contributed by atoms with Gasteiger partial charge in [0.2, 0.25) is 5.78 Å². The summed E-state index contributed by atoms with van der Waals surface area (Å²) >= 11 is 0. The Labute approximate surface area is 256 Å². The lowest BCUT2D eigenvalue weighted by Crippen LogP contribution is -1.85. The number of imidazole rings is 2. The number of para-hydroxylation sites is 4. The van der Waals surface area contributed by atoms with Crippen LogP contribution in [0.15, 0.2) is 144 Å². The summed E-state index contributed by atoms with van der Waals surface area (Å²) in [6.45, 7) is 0. The first-order valence-corrected chi connectivity index (χ1v) is 15.3. The lowest BCUT2D eigenvalue weighted by atomic mass is 9.97. The Hall–Kier alpha value is -6.13. The van der Waals surface area contributed by atoms with Crippen LogP contribution in [0.4, 0.5) is 0 Å². The Morgan fingerprint density at radius 2 is 1.22 bits per heavy atom. The second kappa shape index (κ2) is 8.28. The Balaban J connectivity index is 1.17. The molecule has 4 heterocycles. The molecule has 7 aromatic carbocycles. The lowest BCUT2D eigenvalue weighted by Gasteiger charge is -2.07. The Bertz CT molecular complexity index is 2970. The molecule has 0 aliphatic rings. The molecule has 0 bridgehead atoms. The average Bonchev–Trinajstić information content (AvgIpc) is 3.83. The minimum atomic E-state index is 0.918. The monoisotopic (exact) mass is 573 g/mol. The van der Waals surface area contributed by atoms with E-state index < -0.39 is 0 Å². The summed E-state index contributed by atoms with van der Waals surface area (Å²) in [5.74, 6) is 0.952. The maximum Gasteiger partial charge on any atom is 0.220 e. The zero-order valence-corrected chi connectivity index (χ0v) is 24.0. The number of benzene rings is 7. The number of fused-ring (bicyclic) bond motifs is 12. The highest BCUT2D eigenvalue weighted by molar-refractivity contribution is 6.20. The lowest BCUT2D eigenvalue weighted by molar-refractivity contribution is 0.670. The van der Waals surface area contributed by atoms with Crippen LogP contribution < -0.4 is 0 Å². The highest BCUT2D eigenvalue weighted by Gasteiger charge is 2.22. The Kier molecular flexibility index (Phi) is 4.29. The fourth-order valence-corrected chi connectivity index (χ4v) is 7.57. The van der Waals surface area contributed by atoms with Gasteiger partial charge < -0.3 is 4.42 Å². The number of hydrogen-bond acceptors (Lipinski definition) is 2. The minimum Gasteiger partial charge on any atom is -0.455 e. The average molecular weight is 574 g/mol. The number of nitrogens with zero attached hydrogens (tertiary/aromatic N) is 3. The van der Waals surface area contributed by atoms with Crippen molar-refractivity contribution < 1.29 is 4.42 Å². The van der Waals surface area contributed by atoms with Gasteiger partial charge in [-0.1, -0.05) is 97.1 Å². The summed E-state index contributed by atoms with van der Waals surface area (Å²) in [7, 11) is 0. The minimum absolute atomic E-state index is 0.918. The molecule has 0 radical (unpaired) electrons. The van der Waals surface area contributed by atoms with Gasteiger partial charge in [-0.25, -0.2) is 4.98 Å². The molecule has 0 aliphatic carbocycles. The molecule has 4 nitrogen and oxygen atoms in total. The maximum absolute atomic E-state index is 6.35. The molecule has 11 aromatic rings. The van der Waals surface area contributed by atoms with E-state index in [4.69, 9.17) is 9.40 Å². The van der Waals surface area contributed by atoms with Crippen molar-refractivity contribution in [2.24, 2.45) is 0 Å². The van der Waals surface area contributed by atoms with E-state index in [-0.39, 0.29) is 0 Å². The molecule has 0 N–H and O–H groups in total. The zero-order valence-electron chi connectivity index (χ0n) is 24.0. The van der Waals surface area contributed by atoms with Crippen LogP contribution in [0.1, 0.15) is 0 Å². The van der Waals surface area contributed by atoms with Crippen molar-refractivity contribution in [1.82, 2.24) is 13.8 Å². The highest BCUT2D eigenvalue weighted by atomic mass is 16.3. The molecule has 4 heteroatoms. The van der Waals surface area contributed by atoms with Gasteiger partial charge in [0.25, 0.3) is 0 Å². The van der Waals surface area contributed by atoms with Gasteiger partial charge >= 0.3 is 0 Å². The van der Waals surface area contributed by atoms with E-state index in [1.165, 1.54) is 49.2 Å². The molecular formula is C41H23N3O. The highest BCUT2D eigenvalue weighted by Crippen LogP contribution is 2.42. The van der Waals surface area contributed by atoms with E-state index >= 15 is 0 Å². The summed E-state index contributed by atoms with van der Waals surface area (Å²) in [6, 6.07) is 50.0. The first-order chi connectivity index (χ1) is 22.3. The summed E-state index contributed by atoms with van der Waals surface area (Å²) in [6.07, 6.45) is 0. The Morgan fingerprint density at radius 3 is 2.13 bits per heavy atom. The fraction of sp³-hybridized carbons (Fsp3) is 0. The van der Waals surface area contributed by atoms with Crippen LogP contribution in [0.2, 0.25) is 0 Å². The first-order valence-electron chi connectivity index (χ1n) is 15.3. The van der Waals surface area contributed by atoms with Crippen LogP contribution in [0.5, 0.6) is 0 Å². The second-order valence-electron chi connectivity index (χ2n) is 12.0. The van der Waals surface area contributed by atoms with Crippen molar-refractivity contribution >= 4 is 76.8 Å². The van der Waals surface area contributed by atoms with E-state index in [9.17, 15) is 0 Å². The van der Waals surface area contributed by atoms with Crippen LogP contribution in [-0.2, 0) is 0 Å². The molecule has 4 aromatic heterocycles. The van der Waals surface area contributed by atoms with E-state index in [0.717, 1.165) is 49.9 Å². The topological polar surface area (TPSA) is 34.9 Å². The van der Waals surface area contributed by atoms with Gasteiger partial charge in [-0.3, -0.25) is 8.80 Å². The van der Waals surface area contributed by atoms with Crippen LogP contribution in [-0.4, -0.2) is 13.8 Å². The van der Waals surface area contributed by atoms with Gasteiger partial charge in [0.1, 0.15) is 11.2 Å². The number of rotatable bonds is 2. The van der Waals surface area contributed by atoms with Gasteiger partial charge in [0.05, 0.1) is 27.6 Å². The molecule has 0 unspecified atom stereocenters. The number of hydrogen-bond donors (Lipinski definition) is 0. The first kappa shape index (κ1) is 23.3. The van der Waals surface area contributed by atoms with Crippen molar-refractivity contribution in [1.29, 1.82) is 0 Å². The number of furan rings is 1. The quantitative estimate of drug-likeness (QED) is 0.206. The van der Waals surface area contributed by atoms with Crippen molar-refractivity contribution in [3.05, 3.63) is 140 Å². The summed E-state index contributed by atoms with van der Waals surface area (Å²) in [4.78, 5) is 5.14. The smallest absolute Gasteiger partial charge is 0.220 e. The van der Waals surface area contributed by atoms with Crippen LogP contribution in [0.25, 0.3) is 99.1 Å². The molecule has 0 aliphatic heterocycles. The molecule has 0 saturated heterocycles. The number of aromatic nitrogens is 3. The summed E-state index contributed by atoms with van der Waals surface area (Å²) in [5.41, 5.74) is 12.1. The molecule has 0 atom stereocenters. The predicted molar refractivity (Wildman–Crippen MR) is 186 cm³/mol. The van der Waals surface area contributed by atoms with Gasteiger partial charge in [-0.05, 0) is 69.9 Å². The fourth-order valence-electron chi connectivity index (χ4n) is 7.57. The molecule has 45 heavy (non-hydrogen) atoms. The third kappa shape index (κ3) is 3.03. The Morgan fingerprint density at radius 1 is 0.467 bits per heavy atom. The van der Waals surface area contributed by atoms with Crippen molar-refractivity contribution in [2.75, 3.05) is 0 Å². The van der Waals surface area contributed by atoms with E-state index in [1.807, 2.05) is 12.1 Å². The van der Waals surface area contributed by atoms with Gasteiger partial charge in [0.15, 0.2) is 0 Å². The molecule has 0 fully saturated rings. The predicted octanol–water partition coefficient (Wildman–Crippen LogP) is 10.9. The molecule has 0 spiro atoms. The zero-order chi connectivity index (χ0) is 29.2. The third-order valence-corrected chi connectivity index (χ3v) is 9.63. The maximum atomic E-state index is 6.35. The standard InChI is InChI=1S/C41H23N3O/c1-2-9-27-22-36-32(20-26(27)8-1)33-21-28(23-37-39(33)44(36)41-42-34-13-4-5-14-35(34)43(37)41)24-16-18-25(19-17-24)29-11-7-12-31-30-10-3-6-15-38(30)45-40(29)31/h1-23H. The van der Waals surface area contributed by atoms with Crippen LogP contribution >= 0.6 is 0 Å². The van der Waals surface area contributed by atoms with Crippen LogP contribution in [0, 0.1) is 0 Å². The van der Waals surface area contributed by atoms with Crippen molar-refractivity contribution in [3.8, 4) is 22.3 Å². The van der Waals surface area contributed by atoms with Gasteiger partial charge in [-0.15, -0.1) is 0 Å². The van der Waals surface area contributed by atoms with E-state index in [2.05, 4.69) is 136 Å². The molecule has 0 saturated carbocycles. The molecule has 0 amide bonds. The molecule has 208 valence electrons.